The summed E-state index contributed by atoms with van der Waals surface area (Å²) in [4.78, 5) is -0.708. The summed E-state index contributed by atoms with van der Waals surface area (Å²) in [5.41, 5.74) is 0.303. The molecule has 20 heavy (non-hydrogen) atoms. The van der Waals surface area contributed by atoms with Gasteiger partial charge in [-0.3, -0.25) is 4.72 Å². The molecule has 2 aromatic rings. The Labute approximate surface area is 114 Å². The Morgan fingerprint density at radius 3 is 2.25 bits per heavy atom. The van der Waals surface area contributed by atoms with Crippen molar-refractivity contribution in [2.75, 3.05) is 4.72 Å². The van der Waals surface area contributed by atoms with Crippen molar-refractivity contribution in [3.63, 3.8) is 0 Å². The summed E-state index contributed by atoms with van der Waals surface area (Å²) in [5.74, 6) is -2.70. The first-order valence-electron chi connectivity index (χ1n) is 5.53. The van der Waals surface area contributed by atoms with Crippen LogP contribution in [0.3, 0.4) is 0 Å². The zero-order valence-electron chi connectivity index (χ0n) is 10.3. The van der Waals surface area contributed by atoms with Gasteiger partial charge < -0.3 is 0 Å². The second-order valence-corrected chi connectivity index (χ2v) is 5.80. The Kier molecular flexibility index (Phi) is 3.71. The maximum atomic E-state index is 13.5. The first kappa shape index (κ1) is 14.4. The van der Waals surface area contributed by atoms with Gasteiger partial charge >= 0.3 is 0 Å². The summed E-state index contributed by atoms with van der Waals surface area (Å²) in [6.07, 6.45) is 0. The van der Waals surface area contributed by atoms with Crippen LogP contribution in [0, 0.1) is 24.4 Å². The lowest BCUT2D eigenvalue weighted by molar-refractivity contribution is 0.551. The van der Waals surface area contributed by atoms with Crippen LogP contribution in [0.2, 0.25) is 0 Å². The van der Waals surface area contributed by atoms with Gasteiger partial charge in [0.25, 0.3) is 10.0 Å². The van der Waals surface area contributed by atoms with Gasteiger partial charge in [0.1, 0.15) is 22.3 Å². The molecule has 0 saturated heterocycles. The van der Waals surface area contributed by atoms with Crippen molar-refractivity contribution in [2.24, 2.45) is 0 Å². The van der Waals surface area contributed by atoms with Crippen molar-refractivity contribution in [3.8, 4) is 0 Å². The van der Waals surface area contributed by atoms with Crippen molar-refractivity contribution in [3.05, 3.63) is 59.4 Å². The van der Waals surface area contributed by atoms with E-state index in [0.29, 0.717) is 11.6 Å². The van der Waals surface area contributed by atoms with E-state index in [1.165, 1.54) is 19.1 Å². The minimum atomic E-state index is -4.25. The number of hydrogen-bond acceptors (Lipinski definition) is 2. The summed E-state index contributed by atoms with van der Waals surface area (Å²) < 4.78 is 65.4. The summed E-state index contributed by atoms with van der Waals surface area (Å²) in [7, 11) is -4.25. The largest absolute Gasteiger partial charge is 0.279 e. The van der Waals surface area contributed by atoms with Crippen molar-refractivity contribution in [1.29, 1.82) is 0 Å². The van der Waals surface area contributed by atoms with E-state index in [2.05, 4.69) is 0 Å². The Morgan fingerprint density at radius 2 is 1.65 bits per heavy atom. The van der Waals surface area contributed by atoms with Gasteiger partial charge in [0.15, 0.2) is 0 Å². The molecule has 0 bridgehead atoms. The van der Waals surface area contributed by atoms with Gasteiger partial charge in [-0.1, -0.05) is 6.07 Å². The van der Waals surface area contributed by atoms with Crippen LogP contribution < -0.4 is 4.72 Å². The average molecular weight is 301 g/mol. The van der Waals surface area contributed by atoms with E-state index < -0.39 is 32.4 Å². The Balaban J connectivity index is 2.38. The predicted molar refractivity (Wildman–Crippen MR) is 68.3 cm³/mol. The molecule has 106 valence electrons. The molecule has 1 N–H and O–H groups in total. The third kappa shape index (κ3) is 2.93. The van der Waals surface area contributed by atoms with E-state index in [1.54, 1.807) is 0 Å². The summed E-state index contributed by atoms with van der Waals surface area (Å²) in [5, 5.41) is 0. The highest BCUT2D eigenvalue weighted by Gasteiger charge is 2.20. The molecule has 0 amide bonds. The lowest BCUT2D eigenvalue weighted by Gasteiger charge is -2.09. The van der Waals surface area contributed by atoms with Gasteiger partial charge in [-0.15, -0.1) is 0 Å². The third-order valence-electron chi connectivity index (χ3n) is 2.61. The van der Waals surface area contributed by atoms with E-state index in [1.807, 2.05) is 4.72 Å². The summed E-state index contributed by atoms with van der Waals surface area (Å²) >= 11 is 0. The first-order chi connectivity index (χ1) is 9.29. The van der Waals surface area contributed by atoms with Crippen LogP contribution in [0.4, 0.5) is 18.9 Å². The van der Waals surface area contributed by atoms with Crippen molar-refractivity contribution in [2.45, 2.75) is 11.8 Å². The highest BCUT2D eigenvalue weighted by Crippen LogP contribution is 2.21. The second-order valence-electron chi connectivity index (χ2n) is 4.14. The molecule has 0 aromatic heterocycles. The van der Waals surface area contributed by atoms with E-state index >= 15 is 0 Å². The number of rotatable bonds is 3. The third-order valence-corrected chi connectivity index (χ3v) is 4.02. The Bertz CT molecular complexity index is 760. The van der Waals surface area contributed by atoms with Gasteiger partial charge in [-0.2, -0.15) is 0 Å². The number of anilines is 1. The van der Waals surface area contributed by atoms with Gasteiger partial charge in [-0.25, -0.2) is 21.6 Å². The molecule has 0 spiro atoms. The van der Waals surface area contributed by atoms with E-state index in [0.717, 1.165) is 18.2 Å². The van der Waals surface area contributed by atoms with E-state index in [4.69, 9.17) is 0 Å². The molecule has 0 atom stereocenters. The molecule has 0 fully saturated rings. The number of sulfonamides is 1. The van der Waals surface area contributed by atoms with Gasteiger partial charge in [0.05, 0.1) is 5.69 Å². The van der Waals surface area contributed by atoms with Crippen LogP contribution in [-0.2, 0) is 10.0 Å². The number of nitrogens with one attached hydrogen (secondary N) is 1. The van der Waals surface area contributed by atoms with Crippen molar-refractivity contribution < 1.29 is 21.6 Å². The minimum Gasteiger partial charge on any atom is -0.279 e. The van der Waals surface area contributed by atoms with Crippen LogP contribution >= 0.6 is 0 Å². The van der Waals surface area contributed by atoms with E-state index in [9.17, 15) is 21.6 Å². The molecule has 0 radical (unpaired) electrons. The van der Waals surface area contributed by atoms with Crippen molar-refractivity contribution >= 4 is 15.7 Å². The standard InChI is InChI=1S/C13H10F3NO2S/c1-8-2-4-10(7-11(8)15)17-20(18,19)13-5-3-9(14)6-12(13)16/h2-7,17H,1H3. The van der Waals surface area contributed by atoms with Crippen molar-refractivity contribution in [1.82, 2.24) is 0 Å². The molecule has 0 aliphatic heterocycles. The first-order valence-corrected chi connectivity index (χ1v) is 7.02. The predicted octanol–water partition coefficient (Wildman–Crippen LogP) is 3.21. The lowest BCUT2D eigenvalue weighted by Crippen LogP contribution is -2.15. The number of benzene rings is 2. The Hall–Kier alpha value is -2.02. The molecule has 0 heterocycles. The normalized spacial score (nSPS) is 11.4. The zero-order valence-corrected chi connectivity index (χ0v) is 11.1. The Morgan fingerprint density at radius 1 is 0.950 bits per heavy atom. The molecule has 0 saturated carbocycles. The maximum Gasteiger partial charge on any atom is 0.264 e. The fourth-order valence-electron chi connectivity index (χ4n) is 1.56. The average Bonchev–Trinajstić information content (AvgIpc) is 2.33. The lowest BCUT2D eigenvalue weighted by atomic mass is 10.2. The molecule has 0 aliphatic carbocycles. The van der Waals surface area contributed by atoms with Crippen LogP contribution in [0.15, 0.2) is 41.3 Å². The zero-order chi connectivity index (χ0) is 14.9. The molecule has 2 rings (SSSR count). The molecule has 7 heteroatoms. The SMILES string of the molecule is Cc1ccc(NS(=O)(=O)c2ccc(F)cc2F)cc1F. The smallest absolute Gasteiger partial charge is 0.264 e. The van der Waals surface area contributed by atoms with Gasteiger partial charge in [-0.05, 0) is 36.8 Å². The molecule has 0 aliphatic rings. The molecular weight excluding hydrogens is 291 g/mol. The number of hydrogen-bond donors (Lipinski definition) is 1. The highest BCUT2D eigenvalue weighted by atomic mass is 32.2. The van der Waals surface area contributed by atoms with Gasteiger partial charge in [0.2, 0.25) is 0 Å². The van der Waals surface area contributed by atoms with Crippen LogP contribution in [0.5, 0.6) is 0 Å². The summed E-state index contributed by atoms with van der Waals surface area (Å²) in [6, 6.07) is 5.80. The fourth-order valence-corrected chi connectivity index (χ4v) is 2.67. The van der Waals surface area contributed by atoms with Crippen LogP contribution in [0.25, 0.3) is 0 Å². The van der Waals surface area contributed by atoms with Gasteiger partial charge in [0, 0.05) is 6.07 Å². The van der Waals surface area contributed by atoms with E-state index in [-0.39, 0.29) is 5.69 Å². The highest BCUT2D eigenvalue weighted by molar-refractivity contribution is 7.92. The molecule has 2 aromatic carbocycles. The molecule has 3 nitrogen and oxygen atoms in total. The molecular formula is C13H10F3NO2S. The minimum absolute atomic E-state index is 0.0446. The van der Waals surface area contributed by atoms with Crippen LogP contribution in [-0.4, -0.2) is 8.42 Å². The number of halogens is 3. The topological polar surface area (TPSA) is 46.2 Å². The number of aryl methyl sites for hydroxylation is 1. The van der Waals surface area contributed by atoms with Crippen LogP contribution in [0.1, 0.15) is 5.56 Å². The maximum absolute atomic E-state index is 13.5. The molecule has 0 unspecified atom stereocenters. The quantitative estimate of drug-likeness (QED) is 0.946. The monoisotopic (exact) mass is 301 g/mol. The second kappa shape index (κ2) is 5.16. The summed E-state index contributed by atoms with van der Waals surface area (Å²) in [6.45, 7) is 1.52. The fraction of sp³-hybridized carbons (Fsp3) is 0.0769.